The molecule has 2 heteroatoms. The van der Waals surface area contributed by atoms with Gasteiger partial charge in [-0.25, -0.2) is 0 Å². The van der Waals surface area contributed by atoms with Crippen LogP contribution < -0.4 is 0 Å². The van der Waals surface area contributed by atoms with Crippen molar-refractivity contribution in [3.63, 3.8) is 0 Å². The standard InChI is InChI=1S/C48H32N2/c1-4-13-33(14-5-1)35-17-12-20-40(29-35)50-47-28-25-37(31-44(47)42-26-23-38(32-48(42)50)34-15-6-2-7-16-34)36-24-27-46-43(30-36)41-21-10-11-22-45(41)49(46)39-18-8-3-9-19-39/h1-32H/i24D,25D,27D,28D,30D,31D. The second-order valence-corrected chi connectivity index (χ2v) is 12.5. The van der Waals surface area contributed by atoms with Crippen molar-refractivity contribution >= 4 is 43.6 Å². The van der Waals surface area contributed by atoms with Gasteiger partial charge in [-0.3, -0.25) is 0 Å². The van der Waals surface area contributed by atoms with Crippen molar-refractivity contribution in [3.05, 3.63) is 194 Å². The molecule has 2 aromatic heterocycles. The minimum atomic E-state index is -0.262. The largest absolute Gasteiger partial charge is 0.309 e. The Morgan fingerprint density at radius 2 is 0.800 bits per heavy atom. The summed E-state index contributed by atoms with van der Waals surface area (Å²) >= 11 is 0. The first-order valence-corrected chi connectivity index (χ1v) is 16.7. The highest BCUT2D eigenvalue weighted by Crippen LogP contribution is 2.39. The average molecular weight is 643 g/mol. The van der Waals surface area contributed by atoms with Crippen LogP contribution >= 0.6 is 0 Å². The molecule has 0 amide bonds. The Hall–Kier alpha value is -6.64. The van der Waals surface area contributed by atoms with E-state index in [-0.39, 0.29) is 47.4 Å². The molecule has 0 bridgehead atoms. The fourth-order valence-corrected chi connectivity index (χ4v) is 7.20. The van der Waals surface area contributed by atoms with Crippen molar-refractivity contribution in [2.24, 2.45) is 0 Å². The van der Waals surface area contributed by atoms with Crippen molar-refractivity contribution in [2.75, 3.05) is 0 Å². The summed E-state index contributed by atoms with van der Waals surface area (Å²) in [5.41, 5.74) is 7.99. The van der Waals surface area contributed by atoms with Gasteiger partial charge in [0.15, 0.2) is 0 Å². The lowest BCUT2D eigenvalue weighted by Gasteiger charge is -2.11. The smallest absolute Gasteiger partial charge is 0.0645 e. The van der Waals surface area contributed by atoms with Gasteiger partial charge in [0.2, 0.25) is 0 Å². The number of fused-ring (bicyclic) bond motifs is 6. The summed E-state index contributed by atoms with van der Waals surface area (Å²) in [5.74, 6) is 0. The second kappa shape index (κ2) is 11.5. The molecule has 234 valence electrons. The third-order valence-electron chi connectivity index (χ3n) is 9.54. The molecule has 2 nitrogen and oxygen atoms in total. The van der Waals surface area contributed by atoms with Crippen molar-refractivity contribution in [2.45, 2.75) is 0 Å². The van der Waals surface area contributed by atoms with Crippen molar-refractivity contribution < 1.29 is 8.22 Å². The first-order chi connectivity index (χ1) is 27.3. The molecule has 0 aliphatic heterocycles. The topological polar surface area (TPSA) is 9.86 Å². The van der Waals surface area contributed by atoms with Gasteiger partial charge in [-0.05, 0) is 93.9 Å². The number of aromatic nitrogens is 2. The van der Waals surface area contributed by atoms with E-state index >= 15 is 0 Å². The molecule has 0 aliphatic carbocycles. The van der Waals surface area contributed by atoms with Gasteiger partial charge in [-0.1, -0.05) is 133 Å². The second-order valence-electron chi connectivity index (χ2n) is 12.5. The highest BCUT2D eigenvalue weighted by Gasteiger charge is 2.17. The Morgan fingerprint density at radius 1 is 0.300 bits per heavy atom. The quantitative estimate of drug-likeness (QED) is 0.177. The minimum absolute atomic E-state index is 0.00802. The van der Waals surface area contributed by atoms with E-state index < -0.39 is 0 Å². The fourth-order valence-electron chi connectivity index (χ4n) is 7.20. The molecule has 10 aromatic rings. The van der Waals surface area contributed by atoms with Crippen LogP contribution in [0.1, 0.15) is 8.22 Å². The van der Waals surface area contributed by atoms with Gasteiger partial charge in [-0.2, -0.15) is 0 Å². The maximum absolute atomic E-state index is 9.89. The van der Waals surface area contributed by atoms with Crippen LogP contribution in [0.4, 0.5) is 0 Å². The first kappa shape index (κ1) is 22.8. The van der Waals surface area contributed by atoms with Crippen LogP contribution in [0.15, 0.2) is 194 Å². The zero-order valence-electron chi connectivity index (χ0n) is 32.9. The predicted molar refractivity (Wildman–Crippen MR) is 211 cm³/mol. The van der Waals surface area contributed by atoms with Gasteiger partial charge < -0.3 is 9.13 Å². The maximum atomic E-state index is 9.89. The number of rotatable bonds is 5. The summed E-state index contributed by atoms with van der Waals surface area (Å²) in [5, 5.41) is 2.38. The van der Waals surface area contributed by atoms with E-state index in [9.17, 15) is 8.22 Å². The van der Waals surface area contributed by atoms with Crippen LogP contribution in [0.2, 0.25) is 0 Å². The van der Waals surface area contributed by atoms with Crippen molar-refractivity contribution in [3.8, 4) is 44.8 Å². The molecule has 0 unspecified atom stereocenters. The van der Waals surface area contributed by atoms with Crippen LogP contribution in [0, 0.1) is 0 Å². The molecule has 0 aliphatic rings. The third kappa shape index (κ3) is 4.57. The summed E-state index contributed by atoms with van der Waals surface area (Å²) in [4.78, 5) is 0. The summed E-state index contributed by atoms with van der Waals surface area (Å²) in [6, 6.07) is 50.7. The summed E-state index contributed by atoms with van der Waals surface area (Å²) in [6.45, 7) is 0. The maximum Gasteiger partial charge on any atom is 0.0645 e. The zero-order chi connectivity index (χ0) is 38.2. The summed E-state index contributed by atoms with van der Waals surface area (Å²) in [7, 11) is 0. The molecule has 0 atom stereocenters. The van der Waals surface area contributed by atoms with Gasteiger partial charge in [-0.15, -0.1) is 0 Å². The van der Waals surface area contributed by atoms with Crippen LogP contribution in [0.5, 0.6) is 0 Å². The van der Waals surface area contributed by atoms with E-state index in [1.54, 1.807) is 0 Å². The Morgan fingerprint density at radius 3 is 1.46 bits per heavy atom. The van der Waals surface area contributed by atoms with E-state index in [2.05, 4.69) is 24.3 Å². The predicted octanol–water partition coefficient (Wildman–Crippen LogP) is 12.9. The van der Waals surface area contributed by atoms with Crippen LogP contribution in [0.3, 0.4) is 0 Å². The molecular formula is C48H32N2. The first-order valence-electron chi connectivity index (χ1n) is 19.7. The minimum Gasteiger partial charge on any atom is -0.309 e. The van der Waals surface area contributed by atoms with E-state index in [0.29, 0.717) is 21.8 Å². The lowest BCUT2D eigenvalue weighted by Crippen LogP contribution is -1.95. The summed E-state index contributed by atoms with van der Waals surface area (Å²) in [6.07, 6.45) is 0. The van der Waals surface area contributed by atoms with E-state index in [0.717, 1.165) is 55.4 Å². The molecule has 50 heavy (non-hydrogen) atoms. The van der Waals surface area contributed by atoms with Crippen LogP contribution in [-0.4, -0.2) is 9.13 Å². The van der Waals surface area contributed by atoms with Gasteiger partial charge in [0.05, 0.1) is 30.3 Å². The number of nitrogens with zero attached hydrogens (tertiary/aromatic N) is 2. The van der Waals surface area contributed by atoms with E-state index in [4.69, 9.17) is 0 Å². The van der Waals surface area contributed by atoms with Crippen molar-refractivity contribution in [1.29, 1.82) is 0 Å². The molecule has 0 fully saturated rings. The Labute approximate surface area is 299 Å². The normalized spacial score (nSPS) is 13.3. The highest BCUT2D eigenvalue weighted by molar-refractivity contribution is 6.13. The zero-order valence-corrected chi connectivity index (χ0v) is 26.9. The van der Waals surface area contributed by atoms with Gasteiger partial charge in [0.1, 0.15) is 0 Å². The Balaban J connectivity index is 1.31. The van der Waals surface area contributed by atoms with Crippen LogP contribution in [0.25, 0.3) is 88.4 Å². The van der Waals surface area contributed by atoms with Gasteiger partial charge in [0, 0.05) is 32.9 Å². The fraction of sp³-hybridized carbons (Fsp3) is 0. The molecule has 0 spiro atoms. The molecule has 2 heterocycles. The van der Waals surface area contributed by atoms with Gasteiger partial charge in [0.25, 0.3) is 0 Å². The van der Waals surface area contributed by atoms with Crippen molar-refractivity contribution in [1.82, 2.24) is 9.13 Å². The average Bonchev–Trinajstić information content (AvgIpc) is 3.78. The lowest BCUT2D eigenvalue weighted by molar-refractivity contribution is 1.18. The van der Waals surface area contributed by atoms with Gasteiger partial charge >= 0.3 is 0 Å². The highest BCUT2D eigenvalue weighted by atomic mass is 15.0. The molecule has 0 radical (unpaired) electrons. The molecule has 0 saturated carbocycles. The number of benzene rings is 8. The molecular weight excluding hydrogens is 605 g/mol. The number of hydrogen-bond acceptors (Lipinski definition) is 0. The molecule has 0 saturated heterocycles. The molecule has 0 N–H and O–H groups in total. The van der Waals surface area contributed by atoms with E-state index in [1.165, 1.54) is 0 Å². The molecule has 8 aromatic carbocycles. The molecule has 10 rings (SSSR count). The monoisotopic (exact) mass is 642 g/mol. The van der Waals surface area contributed by atoms with E-state index in [1.807, 2.05) is 143 Å². The SMILES string of the molecule is [2H]c1c(-c2c([2H])c([2H])c3c(c2[2H])c2ccc(-c4ccccc4)cc2n3-c2cccc(-c3ccccc3)c2)c([2H])c2c3ccccc3n(-c3ccccc3)c2c1[2H]. The lowest BCUT2D eigenvalue weighted by atomic mass is 9.99. The number of para-hydroxylation sites is 2. The summed E-state index contributed by atoms with van der Waals surface area (Å²) < 4.78 is 61.6. The third-order valence-corrected chi connectivity index (χ3v) is 9.54. The van der Waals surface area contributed by atoms with Crippen LogP contribution in [-0.2, 0) is 0 Å². The Kier molecular flexibility index (Phi) is 5.26. The number of hydrogen-bond donors (Lipinski definition) is 0. The Bertz CT molecular complexity index is 3190.